The first-order chi connectivity index (χ1) is 15.9. The molecule has 0 amide bonds. The third kappa shape index (κ3) is 4.49. The highest BCUT2D eigenvalue weighted by molar-refractivity contribution is 7.99. The molecule has 170 valence electrons. The number of Topliss-reactive ketones (excluding diaryl/α,β-unsaturated/α-hetero) is 1. The van der Waals surface area contributed by atoms with Crippen molar-refractivity contribution in [1.82, 2.24) is 14.1 Å². The average molecular weight is 466 g/mol. The maximum atomic E-state index is 14.4. The van der Waals surface area contributed by atoms with Gasteiger partial charge in [-0.1, -0.05) is 36.0 Å². The lowest BCUT2D eigenvalue weighted by Gasteiger charge is -2.13. The van der Waals surface area contributed by atoms with E-state index in [-0.39, 0.29) is 29.5 Å². The molecule has 0 radical (unpaired) electrons. The minimum atomic E-state index is -0.360. The lowest BCUT2D eigenvalue weighted by molar-refractivity contribution is 0.102. The van der Waals surface area contributed by atoms with Gasteiger partial charge in [-0.25, -0.2) is 9.37 Å². The van der Waals surface area contributed by atoms with Gasteiger partial charge in [-0.3, -0.25) is 14.2 Å². The van der Waals surface area contributed by atoms with Crippen LogP contribution in [-0.2, 0) is 6.54 Å². The first-order valence-corrected chi connectivity index (χ1v) is 11.6. The zero-order chi connectivity index (χ0) is 23.5. The highest BCUT2D eigenvalue weighted by Crippen LogP contribution is 2.25. The molecule has 0 aliphatic heterocycles. The van der Waals surface area contributed by atoms with Crippen LogP contribution in [-0.4, -0.2) is 37.4 Å². The van der Waals surface area contributed by atoms with E-state index in [1.54, 1.807) is 54.0 Å². The molecule has 0 saturated carbocycles. The molecule has 0 bridgehead atoms. The Hall–Kier alpha value is -3.23. The van der Waals surface area contributed by atoms with Gasteiger partial charge in [0.25, 0.3) is 5.56 Å². The van der Waals surface area contributed by atoms with Crippen LogP contribution in [0.5, 0.6) is 0 Å². The number of halogens is 1. The predicted octanol–water partition coefficient (Wildman–Crippen LogP) is 4.30. The number of carbonyl (C=O) groups is 1. The van der Waals surface area contributed by atoms with E-state index < -0.39 is 0 Å². The minimum absolute atomic E-state index is 0.0513. The fourth-order valence-corrected chi connectivity index (χ4v) is 4.85. The number of carbonyl (C=O) groups excluding carboxylic acids is 1. The molecular weight excluding hydrogens is 441 g/mol. The van der Waals surface area contributed by atoms with Crippen LogP contribution in [0.25, 0.3) is 16.6 Å². The number of ketones is 1. The van der Waals surface area contributed by atoms with E-state index in [0.717, 1.165) is 5.69 Å². The summed E-state index contributed by atoms with van der Waals surface area (Å²) in [6.07, 6.45) is 0.408. The molecule has 2 aromatic carbocycles. The summed E-state index contributed by atoms with van der Waals surface area (Å²) >= 11 is 1.19. The first-order valence-electron chi connectivity index (χ1n) is 10.6. The molecule has 6 nitrogen and oxygen atoms in total. The summed E-state index contributed by atoms with van der Waals surface area (Å²) in [5, 5.41) is 10.2. The Morgan fingerprint density at radius 2 is 1.85 bits per heavy atom. The van der Waals surface area contributed by atoms with Gasteiger partial charge < -0.3 is 9.67 Å². The van der Waals surface area contributed by atoms with Crippen LogP contribution >= 0.6 is 11.8 Å². The van der Waals surface area contributed by atoms with Crippen LogP contribution in [0, 0.1) is 19.7 Å². The van der Waals surface area contributed by atoms with E-state index in [9.17, 15) is 19.1 Å². The quantitative estimate of drug-likeness (QED) is 0.239. The second-order valence-corrected chi connectivity index (χ2v) is 8.67. The second kappa shape index (κ2) is 9.72. The topological polar surface area (TPSA) is 77.1 Å². The third-order valence-corrected chi connectivity index (χ3v) is 6.50. The number of hydrogen-bond acceptors (Lipinski definition) is 5. The number of benzene rings is 2. The van der Waals surface area contributed by atoms with Crippen molar-refractivity contribution in [3.05, 3.63) is 87.7 Å². The summed E-state index contributed by atoms with van der Waals surface area (Å²) < 4.78 is 17.6. The molecule has 0 unspecified atom stereocenters. The monoisotopic (exact) mass is 465 g/mol. The molecule has 33 heavy (non-hydrogen) atoms. The van der Waals surface area contributed by atoms with Crippen LogP contribution in [0.4, 0.5) is 4.39 Å². The number of rotatable bonds is 8. The number of hydrogen-bond donors (Lipinski definition) is 1. The normalized spacial score (nSPS) is 11.3. The Kier molecular flexibility index (Phi) is 6.76. The van der Waals surface area contributed by atoms with Crippen molar-refractivity contribution >= 4 is 28.4 Å². The second-order valence-electron chi connectivity index (χ2n) is 7.73. The van der Waals surface area contributed by atoms with Crippen molar-refractivity contribution in [2.45, 2.75) is 32.0 Å². The van der Waals surface area contributed by atoms with Crippen LogP contribution in [0.1, 0.15) is 28.2 Å². The molecule has 2 heterocycles. The van der Waals surface area contributed by atoms with Crippen LogP contribution in [0.15, 0.2) is 64.5 Å². The number of thioether (sulfide) groups is 1. The fraction of sp³-hybridized carbons (Fsp3) is 0.240. The molecular formula is C25H24FN3O3S. The predicted molar refractivity (Wildman–Crippen MR) is 128 cm³/mol. The number of fused-ring (bicyclic) bond motifs is 1. The molecule has 0 saturated heterocycles. The lowest BCUT2D eigenvalue weighted by Crippen LogP contribution is -2.24. The highest BCUT2D eigenvalue weighted by atomic mass is 32.2. The Balaban J connectivity index is 1.64. The Bertz CT molecular complexity index is 1390. The summed E-state index contributed by atoms with van der Waals surface area (Å²) in [6.45, 7) is 3.89. The van der Waals surface area contributed by atoms with Gasteiger partial charge in [-0.05, 0) is 50.6 Å². The van der Waals surface area contributed by atoms with Crippen molar-refractivity contribution in [2.24, 2.45) is 0 Å². The van der Waals surface area contributed by atoms with Gasteiger partial charge >= 0.3 is 0 Å². The summed E-state index contributed by atoms with van der Waals surface area (Å²) in [5.74, 6) is -0.418. The van der Waals surface area contributed by atoms with Crippen molar-refractivity contribution in [3.8, 4) is 5.69 Å². The third-order valence-electron chi connectivity index (χ3n) is 5.52. The summed E-state index contributed by atoms with van der Waals surface area (Å²) in [6, 6.07) is 15.3. The lowest BCUT2D eigenvalue weighted by atomic mass is 10.2. The number of aliphatic hydroxyl groups is 1. The van der Waals surface area contributed by atoms with Gasteiger partial charge in [0, 0.05) is 30.1 Å². The highest BCUT2D eigenvalue weighted by Gasteiger charge is 2.20. The molecule has 4 aromatic rings. The first kappa shape index (κ1) is 22.9. The van der Waals surface area contributed by atoms with Crippen molar-refractivity contribution in [3.63, 3.8) is 0 Å². The summed E-state index contributed by atoms with van der Waals surface area (Å²) in [5.41, 5.74) is 2.70. The van der Waals surface area contributed by atoms with Crippen molar-refractivity contribution in [1.29, 1.82) is 0 Å². The van der Waals surface area contributed by atoms with E-state index >= 15 is 0 Å². The molecule has 0 atom stereocenters. The molecule has 1 N–H and O–H groups in total. The molecule has 4 rings (SSSR count). The molecule has 0 fully saturated rings. The number of para-hydroxylation sites is 2. The molecule has 0 spiro atoms. The molecule has 0 aliphatic rings. The van der Waals surface area contributed by atoms with E-state index in [1.807, 2.05) is 13.0 Å². The Labute approximate surface area is 194 Å². The zero-order valence-corrected chi connectivity index (χ0v) is 19.2. The Morgan fingerprint density at radius 3 is 2.61 bits per heavy atom. The number of aliphatic hydroxyl groups excluding tert-OH is 1. The van der Waals surface area contributed by atoms with Crippen LogP contribution < -0.4 is 5.56 Å². The fourth-order valence-electron chi connectivity index (χ4n) is 3.94. The van der Waals surface area contributed by atoms with Gasteiger partial charge in [0.2, 0.25) is 0 Å². The number of aryl methyl sites for hydroxylation is 1. The number of nitrogens with zero attached hydrogens (tertiary/aromatic N) is 3. The molecule has 0 aliphatic carbocycles. The van der Waals surface area contributed by atoms with Crippen molar-refractivity contribution < 1.29 is 14.3 Å². The van der Waals surface area contributed by atoms with E-state index in [1.165, 1.54) is 22.4 Å². The van der Waals surface area contributed by atoms with Crippen LogP contribution in [0.3, 0.4) is 0 Å². The summed E-state index contributed by atoms with van der Waals surface area (Å²) in [7, 11) is 0. The molecule has 2 aromatic heterocycles. The number of aromatic nitrogens is 3. The van der Waals surface area contributed by atoms with Gasteiger partial charge in [0.15, 0.2) is 10.9 Å². The smallest absolute Gasteiger partial charge is 0.262 e. The van der Waals surface area contributed by atoms with Gasteiger partial charge in [0.05, 0.1) is 22.3 Å². The van der Waals surface area contributed by atoms with E-state index in [2.05, 4.69) is 4.98 Å². The minimum Gasteiger partial charge on any atom is -0.396 e. The van der Waals surface area contributed by atoms with Gasteiger partial charge in [0.1, 0.15) is 5.82 Å². The van der Waals surface area contributed by atoms with Gasteiger partial charge in [-0.2, -0.15) is 0 Å². The zero-order valence-electron chi connectivity index (χ0n) is 18.4. The SMILES string of the molecule is Cc1cc(C(=O)CSc2nc3ccccc3c(=O)n2CCCO)c(C)n1-c1ccccc1F. The largest absolute Gasteiger partial charge is 0.396 e. The maximum Gasteiger partial charge on any atom is 0.262 e. The Morgan fingerprint density at radius 1 is 1.12 bits per heavy atom. The van der Waals surface area contributed by atoms with E-state index in [0.29, 0.717) is 46.0 Å². The van der Waals surface area contributed by atoms with E-state index in [4.69, 9.17) is 0 Å². The standard InChI is InChI=1S/C25H24FN3O3S/c1-16-14-19(17(2)29(16)22-11-6-4-9-20(22)26)23(31)15-33-25-27-21-10-5-3-8-18(21)24(32)28(25)12-7-13-30/h3-6,8-11,14,30H,7,12-13,15H2,1-2H3. The maximum absolute atomic E-state index is 14.4. The van der Waals surface area contributed by atoms with Gasteiger partial charge in [-0.15, -0.1) is 0 Å². The average Bonchev–Trinajstić information content (AvgIpc) is 3.11. The summed E-state index contributed by atoms with van der Waals surface area (Å²) in [4.78, 5) is 30.7. The molecule has 8 heteroatoms. The van der Waals surface area contributed by atoms with Crippen molar-refractivity contribution in [2.75, 3.05) is 12.4 Å². The van der Waals surface area contributed by atoms with Crippen LogP contribution in [0.2, 0.25) is 0 Å².